The summed E-state index contributed by atoms with van der Waals surface area (Å²) in [4.78, 5) is 27.9. The number of urea groups is 1. The second kappa shape index (κ2) is 8.44. The molecule has 3 N–H and O–H groups in total. The zero-order valence-electron chi connectivity index (χ0n) is 14.1. The first-order valence-electron chi connectivity index (χ1n) is 7.77. The Morgan fingerprint density at radius 1 is 1.33 bits per heavy atom. The topological polar surface area (TPSA) is 83.1 Å². The summed E-state index contributed by atoms with van der Waals surface area (Å²) in [6, 6.07) is 7.01. The molecule has 0 aliphatic rings. The minimum Gasteiger partial charge on any atom is -0.355 e. The van der Waals surface area contributed by atoms with E-state index in [1.807, 2.05) is 37.4 Å². The van der Waals surface area contributed by atoms with Crippen molar-refractivity contribution in [2.45, 2.75) is 26.3 Å². The molecule has 0 saturated carbocycles. The van der Waals surface area contributed by atoms with E-state index in [0.717, 1.165) is 16.3 Å². The van der Waals surface area contributed by atoms with E-state index in [1.165, 1.54) is 0 Å². The summed E-state index contributed by atoms with van der Waals surface area (Å²) in [6.45, 7) is 4.33. The predicted molar refractivity (Wildman–Crippen MR) is 95.3 cm³/mol. The molecule has 0 bridgehead atoms. The monoisotopic (exact) mass is 346 g/mol. The lowest BCUT2D eigenvalue weighted by Crippen LogP contribution is -2.38. The lowest BCUT2D eigenvalue weighted by atomic mass is 10.1. The number of nitrogens with one attached hydrogen (secondary N) is 3. The Kier molecular flexibility index (Phi) is 6.31. The maximum atomic E-state index is 11.9. The normalized spacial score (nSPS) is 11.6. The third-order valence-electron chi connectivity index (χ3n) is 3.54. The molecule has 1 aromatic carbocycles. The van der Waals surface area contributed by atoms with Crippen molar-refractivity contribution in [3.8, 4) is 0 Å². The summed E-state index contributed by atoms with van der Waals surface area (Å²) in [5, 5.41) is 11.2. The third-order valence-corrected chi connectivity index (χ3v) is 4.34. The number of thiazole rings is 1. The Hall–Kier alpha value is -2.41. The molecule has 0 spiro atoms. The van der Waals surface area contributed by atoms with Gasteiger partial charge in [0.2, 0.25) is 0 Å². The highest BCUT2D eigenvalue weighted by atomic mass is 32.1. The molecular weight excluding hydrogens is 324 g/mol. The van der Waals surface area contributed by atoms with Gasteiger partial charge in [0.25, 0.3) is 5.91 Å². The molecule has 6 nitrogen and oxygen atoms in total. The van der Waals surface area contributed by atoms with Gasteiger partial charge < -0.3 is 16.0 Å². The number of benzene rings is 1. The van der Waals surface area contributed by atoms with E-state index < -0.39 is 0 Å². The Morgan fingerprint density at radius 2 is 2.12 bits per heavy atom. The van der Waals surface area contributed by atoms with E-state index in [2.05, 4.69) is 20.9 Å². The molecule has 7 heteroatoms. The molecule has 0 unspecified atom stereocenters. The van der Waals surface area contributed by atoms with Crippen LogP contribution >= 0.6 is 11.3 Å². The summed E-state index contributed by atoms with van der Waals surface area (Å²) in [5.41, 5.74) is 2.48. The van der Waals surface area contributed by atoms with Crippen molar-refractivity contribution in [1.29, 1.82) is 0 Å². The summed E-state index contributed by atoms with van der Waals surface area (Å²) < 4.78 is 0. The summed E-state index contributed by atoms with van der Waals surface area (Å²) in [7, 11) is 1.60. The van der Waals surface area contributed by atoms with Crippen LogP contribution in [0.4, 0.5) is 4.79 Å². The highest BCUT2D eigenvalue weighted by molar-refractivity contribution is 7.09. The van der Waals surface area contributed by atoms with Crippen LogP contribution in [0.1, 0.15) is 39.6 Å². The number of rotatable bonds is 6. The first-order chi connectivity index (χ1) is 11.5. The second-order valence-electron chi connectivity index (χ2n) is 5.44. The van der Waals surface area contributed by atoms with Gasteiger partial charge in [-0.25, -0.2) is 9.78 Å². The first kappa shape index (κ1) is 17.9. The van der Waals surface area contributed by atoms with Crippen LogP contribution in [-0.2, 0) is 6.42 Å². The van der Waals surface area contributed by atoms with E-state index in [4.69, 9.17) is 0 Å². The van der Waals surface area contributed by atoms with Gasteiger partial charge in [0.15, 0.2) is 0 Å². The van der Waals surface area contributed by atoms with Gasteiger partial charge in [-0.1, -0.05) is 12.1 Å². The Labute approximate surface area is 145 Å². The first-order valence-corrected chi connectivity index (χ1v) is 8.65. The van der Waals surface area contributed by atoms with Gasteiger partial charge in [0.1, 0.15) is 0 Å². The number of hydrogen-bond acceptors (Lipinski definition) is 4. The lowest BCUT2D eigenvalue weighted by molar-refractivity contribution is 0.0963. The fourth-order valence-electron chi connectivity index (χ4n) is 2.23. The Bertz CT molecular complexity index is 714. The average molecular weight is 346 g/mol. The van der Waals surface area contributed by atoms with Gasteiger partial charge in [-0.15, -0.1) is 11.3 Å². The van der Waals surface area contributed by atoms with Crippen LogP contribution in [0.15, 0.2) is 29.6 Å². The van der Waals surface area contributed by atoms with Crippen LogP contribution in [0.2, 0.25) is 0 Å². The number of aryl methyl sites for hydroxylation is 1. The van der Waals surface area contributed by atoms with Gasteiger partial charge in [0.05, 0.1) is 16.7 Å². The molecule has 24 heavy (non-hydrogen) atoms. The van der Waals surface area contributed by atoms with Crippen molar-refractivity contribution < 1.29 is 9.59 Å². The largest absolute Gasteiger partial charge is 0.355 e. The smallest absolute Gasteiger partial charge is 0.315 e. The van der Waals surface area contributed by atoms with Crippen LogP contribution in [0.25, 0.3) is 0 Å². The van der Waals surface area contributed by atoms with Crippen molar-refractivity contribution in [2.75, 3.05) is 13.6 Å². The molecule has 2 aromatic rings. The molecule has 1 heterocycles. The Morgan fingerprint density at radius 3 is 2.79 bits per heavy atom. The molecule has 0 aliphatic heterocycles. The van der Waals surface area contributed by atoms with Crippen LogP contribution in [0.5, 0.6) is 0 Å². The summed E-state index contributed by atoms with van der Waals surface area (Å²) in [6.07, 6.45) is 0.655. The van der Waals surface area contributed by atoms with Crippen molar-refractivity contribution in [1.82, 2.24) is 20.9 Å². The van der Waals surface area contributed by atoms with Crippen LogP contribution in [-0.4, -0.2) is 30.5 Å². The van der Waals surface area contributed by atoms with Crippen molar-refractivity contribution in [3.63, 3.8) is 0 Å². The molecule has 3 amide bonds. The number of carbonyl (C=O) groups is 2. The van der Waals surface area contributed by atoms with Gasteiger partial charge >= 0.3 is 6.03 Å². The van der Waals surface area contributed by atoms with Crippen LogP contribution in [0.3, 0.4) is 0 Å². The predicted octanol–water partition coefficient (Wildman–Crippen LogP) is 2.41. The van der Waals surface area contributed by atoms with Crippen molar-refractivity contribution >= 4 is 23.3 Å². The third kappa shape index (κ3) is 5.06. The number of amides is 3. The zero-order chi connectivity index (χ0) is 17.5. The molecule has 0 radical (unpaired) electrons. The summed E-state index contributed by atoms with van der Waals surface area (Å²) in [5.74, 6) is -0.116. The van der Waals surface area contributed by atoms with E-state index >= 15 is 0 Å². The van der Waals surface area contributed by atoms with E-state index in [0.29, 0.717) is 18.5 Å². The minimum absolute atomic E-state index is 0.116. The molecule has 1 atom stereocenters. The fourth-order valence-corrected chi connectivity index (χ4v) is 2.94. The molecule has 2 rings (SSSR count). The average Bonchev–Trinajstić information content (AvgIpc) is 3.01. The number of carbonyl (C=O) groups excluding carboxylic acids is 2. The fraction of sp³-hybridized carbons (Fsp3) is 0.353. The minimum atomic E-state index is -0.226. The SMILES string of the molecule is CNC(=O)c1cccc(CCNC(=O)N[C@@H](C)c2csc(C)n2)c1. The highest BCUT2D eigenvalue weighted by Gasteiger charge is 2.11. The number of aromatic nitrogens is 1. The summed E-state index contributed by atoms with van der Waals surface area (Å²) >= 11 is 1.56. The molecule has 128 valence electrons. The molecule has 0 aliphatic carbocycles. The number of hydrogen-bond donors (Lipinski definition) is 3. The maximum absolute atomic E-state index is 11.9. The van der Waals surface area contributed by atoms with Crippen molar-refractivity contribution in [3.05, 3.63) is 51.5 Å². The lowest BCUT2D eigenvalue weighted by Gasteiger charge is -2.13. The van der Waals surface area contributed by atoms with Crippen LogP contribution < -0.4 is 16.0 Å². The van der Waals surface area contributed by atoms with E-state index in [1.54, 1.807) is 24.5 Å². The number of nitrogens with zero attached hydrogens (tertiary/aromatic N) is 1. The van der Waals surface area contributed by atoms with Crippen molar-refractivity contribution in [2.24, 2.45) is 0 Å². The van der Waals surface area contributed by atoms with Gasteiger partial charge in [-0.3, -0.25) is 4.79 Å². The second-order valence-corrected chi connectivity index (χ2v) is 6.51. The quantitative estimate of drug-likeness (QED) is 0.751. The van der Waals surface area contributed by atoms with E-state index in [-0.39, 0.29) is 18.0 Å². The molecular formula is C17H22N4O2S. The van der Waals surface area contributed by atoms with Gasteiger partial charge in [0, 0.05) is 24.5 Å². The Balaban J connectivity index is 1.79. The van der Waals surface area contributed by atoms with Gasteiger partial charge in [-0.05, 0) is 38.0 Å². The molecule has 0 fully saturated rings. The standard InChI is InChI=1S/C17H22N4O2S/c1-11(15-10-24-12(2)21-15)20-17(23)19-8-7-13-5-4-6-14(9-13)16(22)18-3/h4-6,9-11H,7-8H2,1-3H3,(H,18,22)(H2,19,20,23)/t11-/m0/s1. The highest BCUT2D eigenvalue weighted by Crippen LogP contribution is 2.15. The maximum Gasteiger partial charge on any atom is 0.315 e. The zero-order valence-corrected chi connectivity index (χ0v) is 14.9. The molecule has 1 aromatic heterocycles. The van der Waals surface area contributed by atoms with E-state index in [9.17, 15) is 9.59 Å². The van der Waals surface area contributed by atoms with Gasteiger partial charge in [-0.2, -0.15) is 0 Å². The molecule has 0 saturated heterocycles. The van der Waals surface area contributed by atoms with Crippen LogP contribution in [0, 0.1) is 6.92 Å².